The first-order chi connectivity index (χ1) is 17.6. The summed E-state index contributed by atoms with van der Waals surface area (Å²) < 4.78 is 3.48. The molecule has 0 spiro atoms. The monoisotopic (exact) mass is 510 g/mol. The zero-order valence-corrected chi connectivity index (χ0v) is 21.6. The second-order valence-corrected chi connectivity index (χ2v) is 10.6. The summed E-state index contributed by atoms with van der Waals surface area (Å²) in [7, 11) is 0. The molecular weight excluding hydrogens is 484 g/mol. The third-order valence-corrected chi connectivity index (χ3v) is 7.72. The summed E-state index contributed by atoms with van der Waals surface area (Å²) in [6.45, 7) is 3.10. The number of rotatable bonds is 4. The Morgan fingerprint density at radius 2 is 1.58 bits per heavy atom. The van der Waals surface area contributed by atoms with Crippen molar-refractivity contribution in [1.29, 1.82) is 0 Å². The van der Waals surface area contributed by atoms with E-state index in [4.69, 9.17) is 17.2 Å². The molecule has 0 radical (unpaired) electrons. The lowest BCUT2D eigenvalue weighted by Gasteiger charge is -2.12. The molecule has 1 aliphatic rings. The quantitative estimate of drug-likeness (QED) is 0.252. The van der Waals surface area contributed by atoms with Crippen LogP contribution in [0.5, 0.6) is 0 Å². The second kappa shape index (κ2) is 9.79. The first-order valence-corrected chi connectivity index (χ1v) is 13.4. The van der Waals surface area contributed by atoms with Crippen LogP contribution in [-0.4, -0.2) is 24.9 Å². The van der Waals surface area contributed by atoms with Crippen molar-refractivity contribution in [2.24, 2.45) is 0 Å². The van der Waals surface area contributed by atoms with Crippen LogP contribution in [0, 0.1) is 6.92 Å². The lowest BCUT2D eigenvalue weighted by molar-refractivity contribution is 0.636. The van der Waals surface area contributed by atoms with E-state index in [0.717, 1.165) is 57.6 Å². The first kappa shape index (κ1) is 22.8. The Hall–Kier alpha value is -3.62. The fourth-order valence-electron chi connectivity index (χ4n) is 4.55. The van der Waals surface area contributed by atoms with E-state index in [9.17, 15) is 0 Å². The maximum atomic E-state index is 5.55. The minimum atomic E-state index is 0.544. The lowest BCUT2D eigenvalue weighted by atomic mass is 10.2. The van der Waals surface area contributed by atoms with Gasteiger partial charge in [-0.05, 0) is 98.2 Å². The standard InChI is InChI=1S/C28H26N6S2/c1-18-6-15-23-24(17-18)36-27(31-23)20-9-13-22(14-10-20)30-28(35)29-21-11-7-19(8-12-21)26-33-32-25-5-3-2-4-16-34(25)26/h6-15,17H,2-5,16H2,1H3,(H2,29,30,35). The molecule has 36 heavy (non-hydrogen) atoms. The van der Waals surface area contributed by atoms with Gasteiger partial charge in [-0.1, -0.05) is 12.5 Å². The fraction of sp³-hybridized carbons (Fsp3) is 0.214. The molecule has 6 rings (SSSR count). The Balaban J connectivity index is 1.10. The molecular formula is C28H26N6S2. The van der Waals surface area contributed by atoms with Crippen LogP contribution in [0.3, 0.4) is 0 Å². The molecule has 5 aromatic rings. The van der Waals surface area contributed by atoms with Crippen molar-refractivity contribution in [3.05, 3.63) is 78.1 Å². The van der Waals surface area contributed by atoms with Crippen LogP contribution < -0.4 is 10.6 Å². The Labute approximate surface area is 219 Å². The van der Waals surface area contributed by atoms with E-state index in [1.165, 1.54) is 29.5 Å². The van der Waals surface area contributed by atoms with Crippen LogP contribution in [0.25, 0.3) is 32.2 Å². The Morgan fingerprint density at radius 3 is 2.33 bits per heavy atom. The van der Waals surface area contributed by atoms with Gasteiger partial charge in [0.25, 0.3) is 0 Å². The first-order valence-electron chi connectivity index (χ1n) is 12.2. The molecule has 0 saturated heterocycles. The molecule has 3 heterocycles. The molecule has 0 atom stereocenters. The van der Waals surface area contributed by atoms with Gasteiger partial charge in [-0.3, -0.25) is 0 Å². The highest BCUT2D eigenvalue weighted by molar-refractivity contribution is 7.80. The molecule has 0 fully saturated rings. The molecule has 2 aromatic heterocycles. The van der Waals surface area contributed by atoms with Gasteiger partial charge in [-0.25, -0.2) is 4.98 Å². The van der Waals surface area contributed by atoms with E-state index >= 15 is 0 Å². The fourth-order valence-corrected chi connectivity index (χ4v) is 5.85. The molecule has 0 bridgehead atoms. The molecule has 1 aliphatic heterocycles. The average molecular weight is 511 g/mol. The topological polar surface area (TPSA) is 67.7 Å². The SMILES string of the molecule is Cc1ccc2nc(-c3ccc(NC(=S)Nc4ccc(-c5nnc6n5CCCCC6)cc4)cc3)sc2c1. The second-order valence-electron chi connectivity index (χ2n) is 9.13. The molecule has 6 nitrogen and oxygen atoms in total. The van der Waals surface area contributed by atoms with E-state index in [0.29, 0.717) is 5.11 Å². The molecule has 8 heteroatoms. The highest BCUT2D eigenvalue weighted by Crippen LogP contribution is 2.31. The number of aryl methyl sites for hydroxylation is 2. The summed E-state index contributed by atoms with van der Waals surface area (Å²) in [6.07, 6.45) is 4.63. The average Bonchev–Trinajstić information content (AvgIpc) is 3.41. The smallest absolute Gasteiger partial charge is 0.175 e. The molecule has 0 aliphatic carbocycles. The van der Waals surface area contributed by atoms with Gasteiger partial charge in [0.05, 0.1) is 10.2 Å². The van der Waals surface area contributed by atoms with Crippen molar-refractivity contribution >= 4 is 50.3 Å². The molecule has 2 N–H and O–H groups in total. The molecule has 180 valence electrons. The van der Waals surface area contributed by atoms with Gasteiger partial charge in [-0.15, -0.1) is 21.5 Å². The van der Waals surface area contributed by atoms with E-state index < -0.39 is 0 Å². The number of hydrogen-bond acceptors (Lipinski definition) is 5. The van der Waals surface area contributed by atoms with Crippen LogP contribution in [0.1, 0.15) is 30.7 Å². The molecule has 0 amide bonds. The number of nitrogens with one attached hydrogen (secondary N) is 2. The number of thiocarbonyl (C=S) groups is 1. The van der Waals surface area contributed by atoms with E-state index in [-0.39, 0.29) is 0 Å². The van der Waals surface area contributed by atoms with Crippen LogP contribution >= 0.6 is 23.6 Å². The summed E-state index contributed by atoms with van der Waals surface area (Å²) in [5.41, 5.74) is 6.31. The van der Waals surface area contributed by atoms with Crippen LogP contribution in [0.15, 0.2) is 66.7 Å². The van der Waals surface area contributed by atoms with Crippen molar-refractivity contribution in [3.63, 3.8) is 0 Å². The molecule has 0 unspecified atom stereocenters. The summed E-state index contributed by atoms with van der Waals surface area (Å²) >= 11 is 7.26. The predicted molar refractivity (Wildman–Crippen MR) is 153 cm³/mol. The van der Waals surface area contributed by atoms with Crippen LogP contribution in [0.4, 0.5) is 11.4 Å². The Kier molecular flexibility index (Phi) is 6.21. The Morgan fingerprint density at radius 1 is 0.861 bits per heavy atom. The summed E-state index contributed by atoms with van der Waals surface area (Å²) in [4.78, 5) is 4.77. The number of aromatic nitrogens is 4. The van der Waals surface area contributed by atoms with Crippen LogP contribution in [-0.2, 0) is 13.0 Å². The van der Waals surface area contributed by atoms with E-state index in [2.05, 4.69) is 74.8 Å². The van der Waals surface area contributed by atoms with Gasteiger partial charge in [0, 0.05) is 35.5 Å². The van der Waals surface area contributed by atoms with Gasteiger partial charge in [-0.2, -0.15) is 0 Å². The van der Waals surface area contributed by atoms with Gasteiger partial charge >= 0.3 is 0 Å². The maximum Gasteiger partial charge on any atom is 0.175 e. The van der Waals surface area contributed by atoms with Crippen molar-refractivity contribution in [2.75, 3.05) is 10.6 Å². The number of benzene rings is 3. The zero-order valence-electron chi connectivity index (χ0n) is 20.0. The predicted octanol–water partition coefficient (Wildman–Crippen LogP) is 7.07. The number of fused-ring (bicyclic) bond motifs is 2. The summed E-state index contributed by atoms with van der Waals surface area (Å²) in [6, 6.07) is 22.8. The molecule has 0 saturated carbocycles. The number of anilines is 2. The van der Waals surface area contributed by atoms with Crippen molar-refractivity contribution in [2.45, 2.75) is 39.2 Å². The zero-order chi connectivity index (χ0) is 24.5. The Bertz CT molecular complexity index is 1530. The largest absolute Gasteiger partial charge is 0.332 e. The minimum Gasteiger partial charge on any atom is -0.332 e. The maximum absolute atomic E-state index is 5.55. The van der Waals surface area contributed by atoms with Crippen molar-refractivity contribution in [3.8, 4) is 22.0 Å². The normalized spacial score (nSPS) is 13.2. The highest BCUT2D eigenvalue weighted by atomic mass is 32.1. The van der Waals surface area contributed by atoms with E-state index in [1.54, 1.807) is 11.3 Å². The summed E-state index contributed by atoms with van der Waals surface area (Å²) in [5, 5.41) is 17.0. The summed E-state index contributed by atoms with van der Waals surface area (Å²) in [5.74, 6) is 2.04. The third-order valence-electron chi connectivity index (χ3n) is 6.44. The number of nitrogens with zero attached hydrogens (tertiary/aromatic N) is 4. The minimum absolute atomic E-state index is 0.544. The number of hydrogen-bond donors (Lipinski definition) is 2. The van der Waals surface area contributed by atoms with Crippen LogP contribution in [0.2, 0.25) is 0 Å². The highest BCUT2D eigenvalue weighted by Gasteiger charge is 2.16. The lowest BCUT2D eigenvalue weighted by Crippen LogP contribution is -2.18. The van der Waals surface area contributed by atoms with E-state index in [1.807, 2.05) is 24.3 Å². The van der Waals surface area contributed by atoms with Gasteiger partial charge in [0.1, 0.15) is 10.8 Å². The number of thiazole rings is 1. The third kappa shape index (κ3) is 4.74. The molecule has 3 aromatic carbocycles. The van der Waals surface area contributed by atoms with Gasteiger partial charge < -0.3 is 15.2 Å². The van der Waals surface area contributed by atoms with Gasteiger partial charge in [0.15, 0.2) is 10.9 Å². The van der Waals surface area contributed by atoms with Crippen molar-refractivity contribution in [1.82, 2.24) is 19.7 Å². The van der Waals surface area contributed by atoms with Gasteiger partial charge in [0.2, 0.25) is 0 Å². The van der Waals surface area contributed by atoms with Crippen molar-refractivity contribution < 1.29 is 0 Å².